The molecule has 1 atom stereocenters. The van der Waals surface area contributed by atoms with Gasteiger partial charge in [0.1, 0.15) is 17.6 Å². The zero-order chi connectivity index (χ0) is 24.5. The van der Waals surface area contributed by atoms with Crippen LogP contribution in [0.2, 0.25) is 0 Å². The Labute approximate surface area is 200 Å². The molecule has 2 heterocycles. The van der Waals surface area contributed by atoms with Gasteiger partial charge in [0.25, 0.3) is 11.8 Å². The van der Waals surface area contributed by atoms with Crippen LogP contribution in [0.15, 0.2) is 48.7 Å². The molecule has 2 amide bonds. The Kier molecular flexibility index (Phi) is 8.84. The zero-order valence-corrected chi connectivity index (χ0v) is 19.9. The summed E-state index contributed by atoms with van der Waals surface area (Å²) in [4.78, 5) is 46.3. The number of amides is 2. The Hall–Kier alpha value is -3.62. The molecule has 0 radical (unpaired) electrons. The van der Waals surface area contributed by atoms with Crippen molar-refractivity contribution in [3.8, 4) is 5.75 Å². The van der Waals surface area contributed by atoms with Crippen molar-refractivity contribution in [2.75, 3.05) is 44.3 Å². The summed E-state index contributed by atoms with van der Waals surface area (Å²) in [6, 6.07) is 11.7. The SMILES string of the molecule is CCOc1ccccc1C(=O)N[C@H](C(=O)OCC(=O)N1CCN(c2ccccn2)CC1)C(C)C. The van der Waals surface area contributed by atoms with Crippen LogP contribution < -0.4 is 15.0 Å². The minimum atomic E-state index is -0.893. The smallest absolute Gasteiger partial charge is 0.329 e. The van der Waals surface area contributed by atoms with Crippen molar-refractivity contribution in [3.63, 3.8) is 0 Å². The third-order valence-corrected chi connectivity index (χ3v) is 5.58. The predicted molar refractivity (Wildman–Crippen MR) is 128 cm³/mol. The van der Waals surface area contributed by atoms with Gasteiger partial charge in [-0.05, 0) is 37.1 Å². The maximum Gasteiger partial charge on any atom is 0.329 e. The van der Waals surface area contributed by atoms with Crippen molar-refractivity contribution < 1.29 is 23.9 Å². The number of pyridine rings is 1. The number of nitrogens with one attached hydrogen (secondary N) is 1. The number of hydrogen-bond acceptors (Lipinski definition) is 7. The van der Waals surface area contributed by atoms with Crippen LogP contribution in [0.1, 0.15) is 31.1 Å². The molecule has 1 aliphatic rings. The quantitative estimate of drug-likeness (QED) is 0.563. The first-order valence-electron chi connectivity index (χ1n) is 11.5. The van der Waals surface area contributed by atoms with Crippen LogP contribution in [0, 0.1) is 5.92 Å². The highest BCUT2D eigenvalue weighted by Gasteiger charge is 2.29. The van der Waals surface area contributed by atoms with Crippen molar-refractivity contribution >= 4 is 23.6 Å². The molecule has 0 unspecified atom stereocenters. The van der Waals surface area contributed by atoms with E-state index in [-0.39, 0.29) is 18.4 Å². The highest BCUT2D eigenvalue weighted by atomic mass is 16.5. The number of hydrogen-bond donors (Lipinski definition) is 1. The monoisotopic (exact) mass is 468 g/mol. The standard InChI is InChI=1S/C25H32N4O5/c1-4-33-20-10-6-5-9-19(20)24(31)27-23(18(2)3)25(32)34-17-22(30)29-15-13-28(14-16-29)21-11-7-8-12-26-21/h5-12,18,23H,4,13-17H2,1-3H3,(H,27,31)/t23-/m0/s1. The lowest BCUT2D eigenvalue weighted by atomic mass is 10.0. The number of ether oxygens (including phenoxy) is 2. The largest absolute Gasteiger partial charge is 0.493 e. The van der Waals surface area contributed by atoms with Gasteiger partial charge in [-0.1, -0.05) is 32.0 Å². The summed E-state index contributed by atoms with van der Waals surface area (Å²) in [7, 11) is 0. The summed E-state index contributed by atoms with van der Waals surface area (Å²) >= 11 is 0. The first-order valence-corrected chi connectivity index (χ1v) is 11.5. The topological polar surface area (TPSA) is 101 Å². The maximum atomic E-state index is 12.8. The number of carbonyl (C=O) groups excluding carboxylic acids is 3. The van der Waals surface area contributed by atoms with E-state index in [2.05, 4.69) is 15.2 Å². The van der Waals surface area contributed by atoms with Crippen LogP contribution in [0.4, 0.5) is 5.82 Å². The van der Waals surface area contributed by atoms with Crippen LogP contribution in [0.3, 0.4) is 0 Å². The number of carbonyl (C=O) groups is 3. The van der Waals surface area contributed by atoms with Crippen molar-refractivity contribution in [1.29, 1.82) is 0 Å². The van der Waals surface area contributed by atoms with E-state index < -0.39 is 17.9 Å². The minimum Gasteiger partial charge on any atom is -0.493 e. The number of esters is 1. The van der Waals surface area contributed by atoms with E-state index in [0.29, 0.717) is 44.1 Å². The Morgan fingerprint density at radius 2 is 1.74 bits per heavy atom. The van der Waals surface area contributed by atoms with Gasteiger partial charge in [0.15, 0.2) is 6.61 Å². The fourth-order valence-corrected chi connectivity index (χ4v) is 3.69. The number of nitrogens with zero attached hydrogens (tertiary/aromatic N) is 3. The van der Waals surface area contributed by atoms with Gasteiger partial charge in [0.2, 0.25) is 0 Å². The normalized spacial score (nSPS) is 14.5. The fourth-order valence-electron chi connectivity index (χ4n) is 3.69. The number of anilines is 1. The first-order chi connectivity index (χ1) is 16.4. The van der Waals surface area contributed by atoms with E-state index in [0.717, 1.165) is 5.82 Å². The van der Waals surface area contributed by atoms with E-state index >= 15 is 0 Å². The van der Waals surface area contributed by atoms with Crippen molar-refractivity contribution in [2.45, 2.75) is 26.8 Å². The molecule has 3 rings (SSSR count). The molecular weight excluding hydrogens is 436 g/mol. The lowest BCUT2D eigenvalue weighted by Gasteiger charge is -2.35. The van der Waals surface area contributed by atoms with Crippen LogP contribution in [0.25, 0.3) is 0 Å². The third-order valence-electron chi connectivity index (χ3n) is 5.58. The third kappa shape index (κ3) is 6.46. The van der Waals surface area contributed by atoms with Crippen molar-refractivity contribution in [1.82, 2.24) is 15.2 Å². The van der Waals surface area contributed by atoms with Crippen molar-refractivity contribution in [3.05, 3.63) is 54.2 Å². The van der Waals surface area contributed by atoms with Gasteiger partial charge in [-0.3, -0.25) is 9.59 Å². The number of para-hydroxylation sites is 1. The maximum absolute atomic E-state index is 12.8. The molecule has 9 nitrogen and oxygen atoms in total. The average Bonchev–Trinajstić information content (AvgIpc) is 2.86. The van der Waals surface area contributed by atoms with E-state index in [4.69, 9.17) is 9.47 Å². The molecule has 0 aliphatic carbocycles. The summed E-state index contributed by atoms with van der Waals surface area (Å²) in [5, 5.41) is 2.73. The molecule has 9 heteroatoms. The average molecular weight is 469 g/mol. The van der Waals surface area contributed by atoms with E-state index in [1.54, 1.807) is 49.2 Å². The van der Waals surface area contributed by atoms with Crippen LogP contribution in [-0.4, -0.2) is 73.1 Å². The van der Waals surface area contributed by atoms with Gasteiger partial charge < -0.3 is 24.6 Å². The molecule has 0 bridgehead atoms. The summed E-state index contributed by atoms with van der Waals surface area (Å²) in [5.41, 5.74) is 0.338. The molecule has 1 fully saturated rings. The highest BCUT2D eigenvalue weighted by Crippen LogP contribution is 2.19. The molecule has 1 aromatic carbocycles. The minimum absolute atomic E-state index is 0.229. The molecule has 1 aliphatic heterocycles. The van der Waals surface area contributed by atoms with Gasteiger partial charge >= 0.3 is 5.97 Å². The van der Waals surface area contributed by atoms with Gasteiger partial charge in [0.05, 0.1) is 12.2 Å². The summed E-state index contributed by atoms with van der Waals surface area (Å²) in [6.45, 7) is 7.84. The molecule has 2 aromatic rings. The summed E-state index contributed by atoms with van der Waals surface area (Å²) < 4.78 is 10.8. The number of piperazine rings is 1. The molecule has 1 N–H and O–H groups in total. The number of rotatable bonds is 9. The van der Waals surface area contributed by atoms with Gasteiger partial charge in [-0.15, -0.1) is 0 Å². The zero-order valence-electron chi connectivity index (χ0n) is 19.9. The summed E-state index contributed by atoms with van der Waals surface area (Å²) in [6.07, 6.45) is 1.74. The van der Waals surface area contributed by atoms with Crippen LogP contribution >= 0.6 is 0 Å². The Morgan fingerprint density at radius 3 is 2.38 bits per heavy atom. The predicted octanol–water partition coefficient (Wildman–Crippen LogP) is 2.13. The second kappa shape index (κ2) is 12.0. The van der Waals surface area contributed by atoms with Crippen LogP contribution in [0.5, 0.6) is 5.75 Å². The molecule has 182 valence electrons. The van der Waals surface area contributed by atoms with E-state index in [1.165, 1.54) is 0 Å². The van der Waals surface area contributed by atoms with Crippen LogP contribution in [-0.2, 0) is 14.3 Å². The highest BCUT2D eigenvalue weighted by molar-refractivity contribution is 5.99. The Morgan fingerprint density at radius 1 is 1.03 bits per heavy atom. The number of aromatic nitrogens is 1. The molecule has 0 spiro atoms. The fraction of sp³-hybridized carbons (Fsp3) is 0.440. The lowest BCUT2D eigenvalue weighted by molar-refractivity contribution is -0.154. The van der Waals surface area contributed by atoms with E-state index in [1.807, 2.05) is 25.1 Å². The lowest BCUT2D eigenvalue weighted by Crippen LogP contribution is -2.51. The Balaban J connectivity index is 1.52. The van der Waals surface area contributed by atoms with Gasteiger partial charge in [0, 0.05) is 32.4 Å². The number of benzene rings is 1. The molecule has 34 heavy (non-hydrogen) atoms. The second-order valence-electron chi connectivity index (χ2n) is 8.29. The molecule has 1 saturated heterocycles. The molecular formula is C25H32N4O5. The first kappa shape index (κ1) is 25.0. The van der Waals surface area contributed by atoms with Gasteiger partial charge in [-0.2, -0.15) is 0 Å². The Bertz CT molecular complexity index is 974. The molecule has 0 saturated carbocycles. The van der Waals surface area contributed by atoms with Crippen molar-refractivity contribution in [2.24, 2.45) is 5.92 Å². The molecule has 1 aromatic heterocycles. The van der Waals surface area contributed by atoms with Gasteiger partial charge in [-0.25, -0.2) is 9.78 Å². The van der Waals surface area contributed by atoms with E-state index in [9.17, 15) is 14.4 Å². The second-order valence-corrected chi connectivity index (χ2v) is 8.29. The summed E-state index contributed by atoms with van der Waals surface area (Å²) in [5.74, 6) is -0.243.